The van der Waals surface area contributed by atoms with E-state index in [2.05, 4.69) is 41.4 Å². The highest BCUT2D eigenvalue weighted by atomic mass is 16.3. The predicted octanol–water partition coefficient (Wildman–Crippen LogP) is 2.29. The van der Waals surface area contributed by atoms with E-state index in [9.17, 15) is 0 Å². The van der Waals surface area contributed by atoms with E-state index < -0.39 is 0 Å². The van der Waals surface area contributed by atoms with Crippen LogP contribution in [0.1, 0.15) is 39.2 Å². The second-order valence-electron chi connectivity index (χ2n) is 4.60. The molecular formula is C14H26N4O. The molecule has 1 aromatic rings. The van der Waals surface area contributed by atoms with E-state index in [4.69, 9.17) is 5.11 Å². The lowest BCUT2D eigenvalue weighted by Gasteiger charge is -2.17. The van der Waals surface area contributed by atoms with Crippen molar-refractivity contribution in [3.8, 4) is 0 Å². The van der Waals surface area contributed by atoms with Crippen molar-refractivity contribution in [3.05, 3.63) is 11.9 Å². The van der Waals surface area contributed by atoms with Crippen LogP contribution in [0.2, 0.25) is 0 Å². The maximum absolute atomic E-state index is 9.02. The van der Waals surface area contributed by atoms with Gasteiger partial charge in [-0.3, -0.25) is 0 Å². The minimum atomic E-state index is 0.243. The third kappa shape index (κ3) is 4.67. The van der Waals surface area contributed by atoms with Gasteiger partial charge >= 0.3 is 0 Å². The zero-order chi connectivity index (χ0) is 14.1. The normalized spacial score (nSPS) is 12.2. The monoisotopic (exact) mass is 266 g/mol. The lowest BCUT2D eigenvalue weighted by Crippen LogP contribution is -2.17. The van der Waals surface area contributed by atoms with E-state index in [0.29, 0.717) is 5.92 Å². The Bertz CT molecular complexity index is 370. The van der Waals surface area contributed by atoms with E-state index >= 15 is 0 Å². The summed E-state index contributed by atoms with van der Waals surface area (Å²) in [6.45, 7) is 8.25. The first-order valence-electron chi connectivity index (χ1n) is 7.19. The maximum atomic E-state index is 9.02. The largest absolute Gasteiger partial charge is 0.396 e. The Morgan fingerprint density at radius 1 is 1.16 bits per heavy atom. The van der Waals surface area contributed by atoms with Crippen LogP contribution in [0, 0.1) is 5.92 Å². The number of hydrogen-bond acceptors (Lipinski definition) is 5. The average Bonchev–Trinajstić information content (AvgIpc) is 2.44. The predicted molar refractivity (Wildman–Crippen MR) is 79.5 cm³/mol. The molecule has 0 fully saturated rings. The summed E-state index contributed by atoms with van der Waals surface area (Å²) in [5.41, 5.74) is 1.13. The van der Waals surface area contributed by atoms with Crippen molar-refractivity contribution in [3.63, 3.8) is 0 Å². The van der Waals surface area contributed by atoms with Gasteiger partial charge in [-0.25, -0.2) is 9.97 Å². The molecule has 1 atom stereocenters. The first-order chi connectivity index (χ1) is 9.26. The molecule has 1 rings (SSSR count). The smallest absolute Gasteiger partial charge is 0.134 e. The number of anilines is 2. The molecule has 0 saturated carbocycles. The quantitative estimate of drug-likeness (QED) is 0.640. The maximum Gasteiger partial charge on any atom is 0.134 e. The Labute approximate surface area is 115 Å². The number of aliphatic hydroxyl groups is 1. The Morgan fingerprint density at radius 2 is 1.84 bits per heavy atom. The summed E-state index contributed by atoms with van der Waals surface area (Å²) in [7, 11) is 0. The molecule has 5 nitrogen and oxygen atoms in total. The summed E-state index contributed by atoms with van der Waals surface area (Å²) < 4.78 is 0. The van der Waals surface area contributed by atoms with Crippen LogP contribution in [-0.4, -0.2) is 34.8 Å². The second-order valence-corrected chi connectivity index (χ2v) is 4.60. The summed E-state index contributed by atoms with van der Waals surface area (Å²) in [6.07, 6.45) is 4.37. The van der Waals surface area contributed by atoms with Crippen molar-refractivity contribution in [1.29, 1.82) is 0 Å². The third-order valence-electron chi connectivity index (χ3n) is 3.32. The van der Waals surface area contributed by atoms with Gasteiger partial charge in [-0.05, 0) is 25.7 Å². The lowest BCUT2D eigenvalue weighted by molar-refractivity contribution is 0.258. The number of aromatic nitrogens is 2. The van der Waals surface area contributed by atoms with E-state index in [0.717, 1.165) is 49.6 Å². The van der Waals surface area contributed by atoms with Crippen LogP contribution < -0.4 is 10.6 Å². The zero-order valence-electron chi connectivity index (χ0n) is 12.2. The second kappa shape index (κ2) is 8.69. The molecule has 0 spiro atoms. The Kier molecular flexibility index (Phi) is 7.18. The van der Waals surface area contributed by atoms with Crippen molar-refractivity contribution in [2.24, 2.45) is 5.92 Å². The van der Waals surface area contributed by atoms with Crippen LogP contribution in [0.5, 0.6) is 0 Å². The van der Waals surface area contributed by atoms with Crippen molar-refractivity contribution >= 4 is 11.6 Å². The molecule has 0 amide bonds. The van der Waals surface area contributed by atoms with E-state index in [1.165, 1.54) is 0 Å². The Balaban J connectivity index is 2.74. The highest BCUT2D eigenvalue weighted by Gasteiger charge is 2.11. The van der Waals surface area contributed by atoms with Gasteiger partial charge in [0, 0.05) is 25.3 Å². The minimum absolute atomic E-state index is 0.243. The highest BCUT2D eigenvalue weighted by Crippen LogP contribution is 2.21. The number of nitrogens with one attached hydrogen (secondary N) is 2. The molecule has 108 valence electrons. The van der Waals surface area contributed by atoms with E-state index in [1.807, 2.05) is 0 Å². The van der Waals surface area contributed by atoms with Crippen LogP contribution in [-0.2, 0) is 6.42 Å². The molecule has 5 heteroatoms. The van der Waals surface area contributed by atoms with Gasteiger partial charge < -0.3 is 15.7 Å². The first-order valence-corrected chi connectivity index (χ1v) is 7.19. The summed E-state index contributed by atoms with van der Waals surface area (Å²) >= 11 is 0. The standard InChI is InChI=1S/C14H26N4O/c1-4-11(7-8-19)9-16-14-12(5-2)13(15-6-3)17-10-18-14/h10-11,19H,4-9H2,1-3H3,(H2,15,16,17,18). The molecule has 1 heterocycles. The average molecular weight is 266 g/mol. The summed E-state index contributed by atoms with van der Waals surface area (Å²) in [6, 6.07) is 0. The van der Waals surface area contributed by atoms with E-state index in [-0.39, 0.29) is 6.61 Å². The number of hydrogen-bond donors (Lipinski definition) is 3. The molecule has 0 aliphatic carbocycles. The van der Waals surface area contributed by atoms with Crippen LogP contribution in [0.25, 0.3) is 0 Å². The van der Waals surface area contributed by atoms with Gasteiger partial charge in [-0.15, -0.1) is 0 Å². The SMILES string of the molecule is CCNc1ncnc(NCC(CC)CCO)c1CC. The molecular weight excluding hydrogens is 240 g/mol. The van der Waals surface area contributed by atoms with Crippen LogP contribution >= 0.6 is 0 Å². The van der Waals surface area contributed by atoms with Gasteiger partial charge in [0.2, 0.25) is 0 Å². The van der Waals surface area contributed by atoms with Gasteiger partial charge in [0.25, 0.3) is 0 Å². The van der Waals surface area contributed by atoms with E-state index in [1.54, 1.807) is 6.33 Å². The zero-order valence-corrected chi connectivity index (χ0v) is 12.2. The van der Waals surface area contributed by atoms with Crippen LogP contribution in [0.3, 0.4) is 0 Å². The van der Waals surface area contributed by atoms with Crippen LogP contribution in [0.4, 0.5) is 11.6 Å². The molecule has 0 aromatic carbocycles. The Morgan fingerprint density at radius 3 is 2.37 bits per heavy atom. The van der Waals surface area contributed by atoms with Gasteiger partial charge in [0.1, 0.15) is 18.0 Å². The summed E-state index contributed by atoms with van der Waals surface area (Å²) in [5, 5.41) is 15.7. The molecule has 0 bridgehead atoms. The molecule has 0 radical (unpaired) electrons. The molecule has 1 unspecified atom stereocenters. The Hall–Kier alpha value is -1.36. The molecule has 19 heavy (non-hydrogen) atoms. The third-order valence-corrected chi connectivity index (χ3v) is 3.32. The first kappa shape index (κ1) is 15.7. The molecule has 0 aliphatic heterocycles. The summed E-state index contributed by atoms with van der Waals surface area (Å²) in [4.78, 5) is 8.62. The van der Waals surface area contributed by atoms with Crippen molar-refractivity contribution in [2.45, 2.75) is 40.0 Å². The molecule has 1 aromatic heterocycles. The van der Waals surface area contributed by atoms with Gasteiger partial charge in [0.05, 0.1) is 0 Å². The fourth-order valence-electron chi connectivity index (χ4n) is 2.09. The topological polar surface area (TPSA) is 70.1 Å². The number of aliphatic hydroxyl groups excluding tert-OH is 1. The molecule has 3 N–H and O–H groups in total. The van der Waals surface area contributed by atoms with Gasteiger partial charge in [0.15, 0.2) is 0 Å². The van der Waals surface area contributed by atoms with Crippen molar-refractivity contribution < 1.29 is 5.11 Å². The highest BCUT2D eigenvalue weighted by molar-refractivity contribution is 5.57. The van der Waals surface area contributed by atoms with Crippen molar-refractivity contribution in [1.82, 2.24) is 9.97 Å². The van der Waals surface area contributed by atoms with Crippen molar-refractivity contribution in [2.75, 3.05) is 30.3 Å². The number of nitrogens with zero attached hydrogens (tertiary/aromatic N) is 2. The van der Waals surface area contributed by atoms with Gasteiger partial charge in [-0.1, -0.05) is 20.3 Å². The fourth-order valence-corrected chi connectivity index (χ4v) is 2.09. The summed E-state index contributed by atoms with van der Waals surface area (Å²) in [5.74, 6) is 2.30. The number of rotatable bonds is 9. The molecule has 0 saturated heterocycles. The minimum Gasteiger partial charge on any atom is -0.396 e. The van der Waals surface area contributed by atoms with Gasteiger partial charge in [-0.2, -0.15) is 0 Å². The fraction of sp³-hybridized carbons (Fsp3) is 0.714. The lowest BCUT2D eigenvalue weighted by atomic mass is 10.0. The van der Waals surface area contributed by atoms with Crippen LogP contribution in [0.15, 0.2) is 6.33 Å². The molecule has 0 aliphatic rings.